The zero-order valence-corrected chi connectivity index (χ0v) is 17.4. The first-order chi connectivity index (χ1) is 13.7. The zero-order chi connectivity index (χ0) is 21.6. The van der Waals surface area contributed by atoms with Crippen LogP contribution in [0.25, 0.3) is 0 Å². The van der Waals surface area contributed by atoms with Crippen LogP contribution in [0.4, 0.5) is 10.1 Å². The lowest BCUT2D eigenvalue weighted by molar-refractivity contribution is -0.119. The van der Waals surface area contributed by atoms with Crippen LogP contribution in [0.2, 0.25) is 5.02 Å². The molecule has 2 aromatic rings. The second-order valence-corrected chi connectivity index (χ2v) is 8.18. The summed E-state index contributed by atoms with van der Waals surface area (Å²) in [4.78, 5) is 23.9. The standard InChI is InChI=1S/C19H20ClFN2O5S/c1-3-23(4-2)29(26,27)13-9-10-15(20)17(11-13)22-18(24)12-28-19(25)14-7-5-6-8-16(14)21/h5-11H,3-4,12H2,1-2H3,(H,22,24). The molecule has 29 heavy (non-hydrogen) atoms. The molecule has 0 atom stereocenters. The Morgan fingerprint density at radius 1 is 1.14 bits per heavy atom. The molecule has 2 rings (SSSR count). The summed E-state index contributed by atoms with van der Waals surface area (Å²) in [7, 11) is -3.75. The Labute approximate surface area is 173 Å². The number of carbonyl (C=O) groups excluding carboxylic acids is 2. The summed E-state index contributed by atoms with van der Waals surface area (Å²) < 4.78 is 44.8. The first-order valence-electron chi connectivity index (χ1n) is 8.71. The van der Waals surface area contributed by atoms with Crippen LogP contribution in [0.1, 0.15) is 24.2 Å². The van der Waals surface area contributed by atoms with Gasteiger partial charge < -0.3 is 10.1 Å². The third-order valence-electron chi connectivity index (χ3n) is 3.98. The lowest BCUT2D eigenvalue weighted by Gasteiger charge is -2.19. The Bertz CT molecular complexity index is 1010. The van der Waals surface area contributed by atoms with E-state index in [0.29, 0.717) is 0 Å². The van der Waals surface area contributed by atoms with E-state index >= 15 is 0 Å². The Morgan fingerprint density at radius 3 is 2.41 bits per heavy atom. The molecule has 10 heteroatoms. The summed E-state index contributed by atoms with van der Waals surface area (Å²) in [5, 5.41) is 2.50. The van der Waals surface area contributed by atoms with E-state index in [2.05, 4.69) is 5.32 Å². The number of amides is 1. The predicted octanol–water partition coefficient (Wildman–Crippen LogP) is 3.31. The third kappa shape index (κ3) is 5.53. The Hall–Kier alpha value is -2.49. The maximum Gasteiger partial charge on any atom is 0.341 e. The van der Waals surface area contributed by atoms with E-state index in [9.17, 15) is 22.4 Å². The Morgan fingerprint density at radius 2 is 1.79 bits per heavy atom. The molecule has 0 aromatic heterocycles. The molecule has 0 unspecified atom stereocenters. The van der Waals surface area contributed by atoms with Crippen molar-refractivity contribution in [3.63, 3.8) is 0 Å². The van der Waals surface area contributed by atoms with Gasteiger partial charge in [-0.15, -0.1) is 0 Å². The van der Waals surface area contributed by atoms with Gasteiger partial charge in [0.05, 0.1) is 21.2 Å². The number of nitrogens with one attached hydrogen (secondary N) is 1. The Kier molecular flexibility index (Phi) is 7.72. The van der Waals surface area contributed by atoms with Crippen molar-refractivity contribution >= 4 is 39.2 Å². The van der Waals surface area contributed by atoms with Gasteiger partial charge in [-0.1, -0.05) is 37.6 Å². The van der Waals surface area contributed by atoms with Gasteiger partial charge in [-0.3, -0.25) is 4.79 Å². The molecule has 7 nitrogen and oxygen atoms in total. The number of benzene rings is 2. The molecule has 0 aliphatic heterocycles. The molecule has 0 spiro atoms. The molecule has 156 valence electrons. The molecule has 0 radical (unpaired) electrons. The maximum atomic E-state index is 13.6. The highest BCUT2D eigenvalue weighted by molar-refractivity contribution is 7.89. The molecule has 0 aliphatic rings. The maximum absolute atomic E-state index is 13.6. The highest BCUT2D eigenvalue weighted by Gasteiger charge is 2.23. The number of sulfonamides is 1. The predicted molar refractivity (Wildman–Crippen MR) is 107 cm³/mol. The van der Waals surface area contributed by atoms with E-state index < -0.39 is 34.3 Å². The van der Waals surface area contributed by atoms with Gasteiger partial charge in [0.25, 0.3) is 5.91 Å². The van der Waals surface area contributed by atoms with Crippen LogP contribution in [-0.2, 0) is 19.6 Å². The van der Waals surface area contributed by atoms with Crippen LogP contribution >= 0.6 is 11.6 Å². The highest BCUT2D eigenvalue weighted by atomic mass is 35.5. The highest BCUT2D eigenvalue weighted by Crippen LogP contribution is 2.27. The van der Waals surface area contributed by atoms with E-state index in [1.165, 1.54) is 40.7 Å². The second kappa shape index (κ2) is 9.82. The van der Waals surface area contributed by atoms with Gasteiger partial charge in [0.15, 0.2) is 6.61 Å². The first kappa shape index (κ1) is 22.8. The van der Waals surface area contributed by atoms with E-state index in [-0.39, 0.29) is 34.3 Å². The summed E-state index contributed by atoms with van der Waals surface area (Å²) >= 11 is 6.04. The summed E-state index contributed by atoms with van der Waals surface area (Å²) in [5.74, 6) is -2.52. The van der Waals surface area contributed by atoms with Crippen LogP contribution in [-0.4, -0.2) is 44.3 Å². The van der Waals surface area contributed by atoms with Crippen LogP contribution < -0.4 is 5.32 Å². The molecule has 1 N–H and O–H groups in total. The average molecular weight is 443 g/mol. The van der Waals surface area contributed by atoms with Crippen molar-refractivity contribution in [3.05, 3.63) is 58.9 Å². The minimum absolute atomic E-state index is 0.0377. The largest absolute Gasteiger partial charge is 0.452 e. The summed E-state index contributed by atoms with van der Waals surface area (Å²) in [6.07, 6.45) is 0. The number of nitrogens with zero attached hydrogens (tertiary/aromatic N) is 1. The van der Waals surface area contributed by atoms with Crippen molar-refractivity contribution in [2.75, 3.05) is 25.0 Å². The molecular weight excluding hydrogens is 423 g/mol. The number of esters is 1. The second-order valence-electron chi connectivity index (χ2n) is 5.84. The van der Waals surface area contributed by atoms with Crippen molar-refractivity contribution in [1.82, 2.24) is 4.31 Å². The number of anilines is 1. The van der Waals surface area contributed by atoms with Gasteiger partial charge in [0.1, 0.15) is 5.82 Å². The van der Waals surface area contributed by atoms with E-state index in [1.807, 2.05) is 0 Å². The van der Waals surface area contributed by atoms with Crippen molar-refractivity contribution in [1.29, 1.82) is 0 Å². The lowest BCUT2D eigenvalue weighted by Crippen LogP contribution is -2.30. The SMILES string of the molecule is CCN(CC)S(=O)(=O)c1ccc(Cl)c(NC(=O)COC(=O)c2ccccc2F)c1. The fraction of sp³-hybridized carbons (Fsp3) is 0.263. The lowest BCUT2D eigenvalue weighted by atomic mass is 10.2. The number of rotatable bonds is 8. The van der Waals surface area contributed by atoms with Gasteiger partial charge in [0, 0.05) is 13.1 Å². The van der Waals surface area contributed by atoms with Crippen LogP contribution in [0.5, 0.6) is 0 Å². The smallest absolute Gasteiger partial charge is 0.341 e. The summed E-state index contributed by atoms with van der Waals surface area (Å²) in [5.41, 5.74) is -0.252. The number of halogens is 2. The molecular formula is C19H20ClFN2O5S. The molecule has 0 saturated carbocycles. The normalized spacial score (nSPS) is 11.3. The van der Waals surface area contributed by atoms with Crippen molar-refractivity contribution in [2.24, 2.45) is 0 Å². The summed E-state index contributed by atoms with van der Waals surface area (Å²) in [6, 6.07) is 9.11. The Balaban J connectivity index is 2.10. The molecule has 0 saturated heterocycles. The molecule has 0 heterocycles. The van der Waals surface area contributed by atoms with Crippen LogP contribution in [0, 0.1) is 5.82 Å². The first-order valence-corrected chi connectivity index (χ1v) is 10.5. The number of carbonyl (C=O) groups is 2. The molecule has 2 aromatic carbocycles. The molecule has 0 bridgehead atoms. The summed E-state index contributed by atoms with van der Waals surface area (Å²) in [6.45, 7) is 3.30. The fourth-order valence-corrected chi connectivity index (χ4v) is 4.14. The van der Waals surface area contributed by atoms with Gasteiger partial charge >= 0.3 is 5.97 Å². The zero-order valence-electron chi connectivity index (χ0n) is 15.8. The molecule has 1 amide bonds. The minimum Gasteiger partial charge on any atom is -0.452 e. The van der Waals surface area contributed by atoms with Crippen molar-refractivity contribution in [3.8, 4) is 0 Å². The topological polar surface area (TPSA) is 92.8 Å². The van der Waals surface area contributed by atoms with Gasteiger partial charge in [0.2, 0.25) is 10.0 Å². The fourth-order valence-electron chi connectivity index (χ4n) is 2.50. The number of hydrogen-bond donors (Lipinski definition) is 1. The van der Waals surface area contributed by atoms with E-state index in [0.717, 1.165) is 6.07 Å². The minimum atomic E-state index is -3.75. The quantitative estimate of drug-likeness (QED) is 0.633. The van der Waals surface area contributed by atoms with Crippen LogP contribution in [0.15, 0.2) is 47.4 Å². The van der Waals surface area contributed by atoms with Crippen molar-refractivity contribution in [2.45, 2.75) is 18.7 Å². The number of ether oxygens (including phenoxy) is 1. The monoisotopic (exact) mass is 442 g/mol. The molecule has 0 fully saturated rings. The van der Waals surface area contributed by atoms with Gasteiger partial charge in [-0.05, 0) is 30.3 Å². The third-order valence-corrected chi connectivity index (χ3v) is 6.36. The average Bonchev–Trinajstić information content (AvgIpc) is 2.68. The van der Waals surface area contributed by atoms with E-state index in [4.69, 9.17) is 16.3 Å². The van der Waals surface area contributed by atoms with Crippen LogP contribution in [0.3, 0.4) is 0 Å². The molecule has 0 aliphatic carbocycles. The number of hydrogen-bond acceptors (Lipinski definition) is 5. The van der Waals surface area contributed by atoms with Crippen molar-refractivity contribution < 1.29 is 27.1 Å². The van der Waals surface area contributed by atoms with Gasteiger partial charge in [-0.2, -0.15) is 4.31 Å². The van der Waals surface area contributed by atoms with E-state index in [1.54, 1.807) is 13.8 Å². The van der Waals surface area contributed by atoms with Gasteiger partial charge in [-0.25, -0.2) is 17.6 Å².